The van der Waals surface area contributed by atoms with Gasteiger partial charge in [0.05, 0.1) is 13.3 Å². The van der Waals surface area contributed by atoms with Gasteiger partial charge in [-0.2, -0.15) is 5.10 Å². The molecule has 0 aliphatic heterocycles. The second kappa shape index (κ2) is 6.62. The van der Waals surface area contributed by atoms with E-state index >= 15 is 0 Å². The fraction of sp³-hybridized carbons (Fsp3) is 0.111. The molecular weight excluding hydrogens is 235 g/mol. The van der Waals surface area contributed by atoms with Gasteiger partial charge in [0.2, 0.25) is 5.96 Å². The van der Waals surface area contributed by atoms with Gasteiger partial charge in [0.15, 0.2) is 11.6 Å². The Morgan fingerprint density at radius 2 is 2.31 bits per heavy atom. The summed E-state index contributed by atoms with van der Waals surface area (Å²) in [6, 6.07) is 4.39. The first-order valence-corrected chi connectivity index (χ1v) is 4.10. The Morgan fingerprint density at radius 3 is 2.81 bits per heavy atom. The molecule has 0 saturated carbocycles. The lowest BCUT2D eigenvalue weighted by Crippen LogP contribution is -2.25. The predicted octanol–water partition coefficient (Wildman–Crippen LogP) is 1.07. The second-order valence-electron chi connectivity index (χ2n) is 2.68. The molecule has 88 valence electrons. The van der Waals surface area contributed by atoms with Gasteiger partial charge in [0.25, 0.3) is 0 Å². The molecule has 1 rings (SSSR count). The molecule has 5 nitrogen and oxygen atoms in total. The van der Waals surface area contributed by atoms with E-state index in [1.165, 1.54) is 25.5 Å². The fourth-order valence-electron chi connectivity index (χ4n) is 0.939. The van der Waals surface area contributed by atoms with E-state index in [4.69, 9.17) is 15.9 Å². The van der Waals surface area contributed by atoms with Crippen molar-refractivity contribution in [1.29, 1.82) is 5.41 Å². The topological polar surface area (TPSA) is 83.5 Å². The Labute approximate surface area is 98.4 Å². The number of benzene rings is 1. The van der Waals surface area contributed by atoms with Gasteiger partial charge in [-0.3, -0.25) is 5.41 Å². The number of methoxy groups -OCH3 is 1. The van der Waals surface area contributed by atoms with E-state index < -0.39 is 5.82 Å². The highest BCUT2D eigenvalue weighted by molar-refractivity contribution is 5.85. The van der Waals surface area contributed by atoms with Crippen LogP contribution in [0.2, 0.25) is 0 Å². The largest absolute Gasteiger partial charge is 0.494 e. The average molecular weight is 247 g/mol. The van der Waals surface area contributed by atoms with Crippen molar-refractivity contribution >= 4 is 24.6 Å². The normalized spacial score (nSPS) is 9.62. The number of nitrogens with zero attached hydrogens (tertiary/aromatic N) is 1. The third-order valence-corrected chi connectivity index (χ3v) is 1.57. The molecule has 0 amide bonds. The van der Waals surface area contributed by atoms with Crippen LogP contribution in [0.3, 0.4) is 0 Å². The predicted molar refractivity (Wildman–Crippen MR) is 62.8 cm³/mol. The monoisotopic (exact) mass is 246 g/mol. The second-order valence-corrected chi connectivity index (χ2v) is 2.68. The summed E-state index contributed by atoms with van der Waals surface area (Å²) >= 11 is 0. The highest BCUT2D eigenvalue weighted by atomic mass is 35.5. The molecule has 0 atom stereocenters. The maximum atomic E-state index is 13.2. The summed E-state index contributed by atoms with van der Waals surface area (Å²) in [5.74, 6) is -0.573. The highest BCUT2D eigenvalue weighted by Crippen LogP contribution is 2.16. The summed E-state index contributed by atoms with van der Waals surface area (Å²) in [7, 11) is 1.39. The Morgan fingerprint density at radius 1 is 1.62 bits per heavy atom. The van der Waals surface area contributed by atoms with Gasteiger partial charge in [-0.1, -0.05) is 0 Å². The first-order chi connectivity index (χ1) is 7.13. The first-order valence-electron chi connectivity index (χ1n) is 4.10. The maximum absolute atomic E-state index is 13.2. The number of hydrazone groups is 1. The zero-order valence-corrected chi connectivity index (χ0v) is 9.34. The molecule has 1 aromatic carbocycles. The zero-order valence-electron chi connectivity index (χ0n) is 8.53. The van der Waals surface area contributed by atoms with Crippen LogP contribution in [0.1, 0.15) is 5.56 Å². The lowest BCUT2D eigenvalue weighted by Gasteiger charge is -2.01. The van der Waals surface area contributed by atoms with Crippen molar-refractivity contribution in [1.82, 2.24) is 5.43 Å². The van der Waals surface area contributed by atoms with Crippen molar-refractivity contribution in [2.75, 3.05) is 7.11 Å². The highest BCUT2D eigenvalue weighted by Gasteiger charge is 2.01. The van der Waals surface area contributed by atoms with E-state index in [1.54, 1.807) is 6.07 Å². The van der Waals surface area contributed by atoms with Gasteiger partial charge >= 0.3 is 0 Å². The minimum atomic E-state index is -0.468. The maximum Gasteiger partial charge on any atom is 0.206 e. The van der Waals surface area contributed by atoms with Crippen LogP contribution in [0.5, 0.6) is 5.75 Å². The molecule has 0 radical (unpaired) electrons. The minimum Gasteiger partial charge on any atom is -0.494 e. The number of nitrogens with two attached hydrogens (primary N) is 1. The number of nitrogens with one attached hydrogen (secondary N) is 2. The van der Waals surface area contributed by atoms with Gasteiger partial charge in [-0.25, -0.2) is 9.82 Å². The molecule has 0 aliphatic carbocycles. The number of halogens is 2. The van der Waals surface area contributed by atoms with Crippen molar-refractivity contribution in [2.45, 2.75) is 0 Å². The molecule has 0 bridgehead atoms. The summed E-state index contributed by atoms with van der Waals surface area (Å²) < 4.78 is 17.9. The average Bonchev–Trinajstić information content (AvgIpc) is 2.17. The zero-order chi connectivity index (χ0) is 11.3. The number of ether oxygens (including phenoxy) is 1. The Hall–Kier alpha value is -1.82. The van der Waals surface area contributed by atoms with Crippen molar-refractivity contribution in [3.05, 3.63) is 29.6 Å². The van der Waals surface area contributed by atoms with E-state index in [9.17, 15) is 4.39 Å². The first kappa shape index (κ1) is 14.2. The minimum absolute atomic E-state index is 0. The molecule has 4 N–H and O–H groups in total. The third kappa shape index (κ3) is 4.14. The van der Waals surface area contributed by atoms with E-state index in [1.807, 2.05) is 0 Å². The molecule has 0 aliphatic rings. The molecular formula is C9H12ClFN4O. The molecule has 0 aromatic heterocycles. The van der Waals surface area contributed by atoms with Gasteiger partial charge < -0.3 is 10.5 Å². The molecule has 0 unspecified atom stereocenters. The van der Waals surface area contributed by atoms with Crippen molar-refractivity contribution < 1.29 is 9.13 Å². The molecule has 1 aromatic rings. The quantitative estimate of drug-likeness (QED) is 0.424. The Kier molecular flexibility index (Phi) is 5.87. The lowest BCUT2D eigenvalue weighted by molar-refractivity contribution is 0.386. The van der Waals surface area contributed by atoms with Gasteiger partial charge in [-0.15, -0.1) is 12.4 Å². The van der Waals surface area contributed by atoms with Gasteiger partial charge in [0, 0.05) is 0 Å². The number of guanidine groups is 1. The summed E-state index contributed by atoms with van der Waals surface area (Å²) in [5.41, 5.74) is 7.76. The summed E-state index contributed by atoms with van der Waals surface area (Å²) in [4.78, 5) is 0. The van der Waals surface area contributed by atoms with Gasteiger partial charge in [-0.05, 0) is 23.8 Å². The van der Waals surface area contributed by atoms with Gasteiger partial charge in [0.1, 0.15) is 0 Å². The number of hydrogen-bond donors (Lipinski definition) is 3. The van der Waals surface area contributed by atoms with Crippen molar-refractivity contribution in [3.63, 3.8) is 0 Å². The van der Waals surface area contributed by atoms with E-state index in [0.29, 0.717) is 5.56 Å². The van der Waals surface area contributed by atoms with E-state index in [-0.39, 0.29) is 24.1 Å². The lowest BCUT2D eigenvalue weighted by atomic mass is 10.2. The van der Waals surface area contributed by atoms with Crippen molar-refractivity contribution in [3.8, 4) is 5.75 Å². The molecule has 0 heterocycles. The van der Waals surface area contributed by atoms with Crippen LogP contribution in [-0.4, -0.2) is 19.3 Å². The molecule has 16 heavy (non-hydrogen) atoms. The summed E-state index contributed by atoms with van der Waals surface area (Å²) in [6.45, 7) is 0. The SMILES string of the molecule is COc1ccc(/C=N/NC(=N)N)cc1F.Cl. The van der Waals surface area contributed by atoms with Crippen LogP contribution in [0.25, 0.3) is 0 Å². The van der Waals surface area contributed by atoms with Crippen LogP contribution >= 0.6 is 12.4 Å². The molecule has 0 fully saturated rings. The third-order valence-electron chi connectivity index (χ3n) is 1.57. The molecule has 0 saturated heterocycles. The Balaban J connectivity index is 0.00000225. The summed E-state index contributed by atoms with van der Waals surface area (Å²) in [6.07, 6.45) is 1.35. The molecule has 7 heteroatoms. The molecule has 0 spiro atoms. The van der Waals surface area contributed by atoms with Crippen LogP contribution in [0.15, 0.2) is 23.3 Å². The van der Waals surface area contributed by atoms with Crippen LogP contribution in [0, 0.1) is 11.2 Å². The van der Waals surface area contributed by atoms with Crippen LogP contribution in [0.4, 0.5) is 4.39 Å². The van der Waals surface area contributed by atoms with Crippen LogP contribution < -0.4 is 15.9 Å². The number of rotatable bonds is 3. The smallest absolute Gasteiger partial charge is 0.206 e. The van der Waals surface area contributed by atoms with Crippen molar-refractivity contribution in [2.24, 2.45) is 10.8 Å². The van der Waals surface area contributed by atoms with E-state index in [2.05, 4.69) is 10.5 Å². The number of hydrogen-bond acceptors (Lipinski definition) is 3. The summed E-state index contributed by atoms with van der Waals surface area (Å²) in [5, 5.41) is 10.4. The standard InChI is InChI=1S/C9H11FN4O.ClH/c1-15-8-3-2-6(4-7(8)10)5-13-14-9(11)12;/h2-5H,1H3,(H4,11,12,14);1H/b13-5+;. The Bertz CT molecular complexity index is 397. The van der Waals surface area contributed by atoms with Crippen LogP contribution in [-0.2, 0) is 0 Å². The fourth-order valence-corrected chi connectivity index (χ4v) is 0.939. The van der Waals surface area contributed by atoms with E-state index in [0.717, 1.165) is 0 Å².